The van der Waals surface area contributed by atoms with Crippen molar-refractivity contribution in [2.24, 2.45) is 0 Å². The molecular weight excluding hydrogens is 465 g/mol. The van der Waals surface area contributed by atoms with Crippen molar-refractivity contribution in [3.05, 3.63) is 88.9 Å². The minimum atomic E-state index is 0.513. The molecule has 2 N–H and O–H groups in total. The number of hydrogen-bond donors (Lipinski definition) is 1. The van der Waals surface area contributed by atoms with Gasteiger partial charge in [0.1, 0.15) is 10.1 Å². The maximum absolute atomic E-state index is 6.23. The molecule has 0 aliphatic heterocycles. The number of aromatic nitrogens is 2. The van der Waals surface area contributed by atoms with E-state index in [1.54, 1.807) is 17.8 Å². The predicted molar refractivity (Wildman–Crippen MR) is 133 cm³/mol. The van der Waals surface area contributed by atoms with Gasteiger partial charge in [-0.3, -0.25) is 0 Å². The van der Waals surface area contributed by atoms with Crippen molar-refractivity contribution < 1.29 is 0 Å². The van der Waals surface area contributed by atoms with Gasteiger partial charge in [0.2, 0.25) is 0 Å². The average molecular weight is 480 g/mol. The van der Waals surface area contributed by atoms with E-state index in [1.807, 2.05) is 48.5 Å². The highest BCUT2D eigenvalue weighted by molar-refractivity contribution is 8.02. The number of nitrogens with two attached hydrogens (primary N) is 1. The molecule has 0 spiro atoms. The smallest absolute Gasteiger partial charge is 0.134 e. The van der Waals surface area contributed by atoms with Crippen molar-refractivity contribution in [1.82, 2.24) is 9.97 Å². The Hall–Kier alpha value is -2.44. The van der Waals surface area contributed by atoms with Crippen LogP contribution in [0.15, 0.2) is 98.7 Å². The maximum Gasteiger partial charge on any atom is 0.134 e. The van der Waals surface area contributed by atoms with Crippen LogP contribution in [0.1, 0.15) is 0 Å². The van der Waals surface area contributed by atoms with Crippen molar-refractivity contribution in [3.63, 3.8) is 0 Å². The maximum atomic E-state index is 6.23. The molecule has 0 saturated carbocycles. The number of nitrogen functional groups attached to an aromatic ring is 1. The molecule has 0 aliphatic rings. The first kappa shape index (κ1) is 20.5. The van der Waals surface area contributed by atoms with Gasteiger partial charge in [-0.15, -0.1) is 0 Å². The molecule has 0 saturated heterocycles. The van der Waals surface area contributed by atoms with Crippen LogP contribution in [0.25, 0.3) is 21.8 Å². The summed E-state index contributed by atoms with van der Waals surface area (Å²) >= 11 is 15.4. The van der Waals surface area contributed by atoms with Crippen molar-refractivity contribution in [1.29, 1.82) is 0 Å². The molecule has 7 heteroatoms. The summed E-state index contributed by atoms with van der Waals surface area (Å²) in [5.41, 5.74) is 8.28. The lowest BCUT2D eigenvalue weighted by Gasteiger charge is -2.11. The zero-order valence-electron chi connectivity index (χ0n) is 16.0. The van der Waals surface area contributed by atoms with Crippen LogP contribution in [0.2, 0.25) is 10.0 Å². The first-order chi connectivity index (χ1) is 15.0. The number of anilines is 1. The summed E-state index contributed by atoms with van der Waals surface area (Å²) in [6.07, 6.45) is 0. The van der Waals surface area contributed by atoms with E-state index in [1.165, 1.54) is 11.8 Å². The van der Waals surface area contributed by atoms with Crippen LogP contribution in [0.5, 0.6) is 0 Å². The van der Waals surface area contributed by atoms with Crippen LogP contribution >= 0.6 is 46.7 Å². The summed E-state index contributed by atoms with van der Waals surface area (Å²) in [6, 6.07) is 25.7. The van der Waals surface area contributed by atoms with Crippen LogP contribution in [-0.2, 0) is 0 Å². The number of rotatable bonds is 4. The van der Waals surface area contributed by atoms with E-state index < -0.39 is 0 Å². The van der Waals surface area contributed by atoms with E-state index in [2.05, 4.69) is 24.3 Å². The highest BCUT2D eigenvalue weighted by Gasteiger charge is 2.14. The Labute approximate surface area is 198 Å². The number of benzene rings is 4. The normalized spacial score (nSPS) is 11.3. The van der Waals surface area contributed by atoms with Crippen LogP contribution in [0, 0.1) is 0 Å². The summed E-state index contributed by atoms with van der Waals surface area (Å²) in [5.74, 6) is 0. The Kier molecular flexibility index (Phi) is 5.67. The molecule has 152 valence electrons. The number of halogens is 2. The van der Waals surface area contributed by atoms with E-state index in [0.29, 0.717) is 10.0 Å². The summed E-state index contributed by atoms with van der Waals surface area (Å²) in [6.45, 7) is 0. The third-order valence-corrected chi connectivity index (χ3v) is 7.49. The molecule has 5 rings (SSSR count). The number of nitrogens with zero attached hydrogens (tertiary/aromatic N) is 2. The second-order valence-corrected chi connectivity index (χ2v) is 9.81. The van der Waals surface area contributed by atoms with Gasteiger partial charge in [-0.05, 0) is 65.4 Å². The van der Waals surface area contributed by atoms with Gasteiger partial charge >= 0.3 is 0 Å². The number of hydrogen-bond acceptors (Lipinski definition) is 5. The molecule has 1 aromatic heterocycles. The number of fused-ring (bicyclic) bond motifs is 2. The highest BCUT2D eigenvalue weighted by atomic mass is 35.5. The Balaban J connectivity index is 1.64. The molecule has 1 heterocycles. The molecule has 4 aromatic carbocycles. The fraction of sp³-hybridized carbons (Fsp3) is 0. The van der Waals surface area contributed by atoms with E-state index in [9.17, 15) is 0 Å². The standard InChI is InChI=1S/C24H15Cl2N3S2/c25-19-10-9-18(13-20(19)26)31-24-23(30-17-7-5-16(27)6-8-17)28-21-11-14-3-1-2-4-15(14)12-22(21)29-24/h1-13H,27H2. The molecule has 0 aliphatic carbocycles. The summed E-state index contributed by atoms with van der Waals surface area (Å²) in [4.78, 5) is 11.9. The second-order valence-electron chi connectivity index (χ2n) is 6.87. The quantitative estimate of drug-likeness (QED) is 0.209. The topological polar surface area (TPSA) is 51.8 Å². The van der Waals surface area contributed by atoms with E-state index >= 15 is 0 Å². The predicted octanol–water partition coefficient (Wildman–Crippen LogP) is 7.97. The van der Waals surface area contributed by atoms with Gasteiger partial charge in [-0.2, -0.15) is 0 Å². The molecule has 0 unspecified atom stereocenters. The highest BCUT2D eigenvalue weighted by Crippen LogP contribution is 2.39. The van der Waals surface area contributed by atoms with E-state index in [0.717, 1.165) is 47.3 Å². The monoisotopic (exact) mass is 479 g/mol. The first-order valence-corrected chi connectivity index (χ1v) is 11.8. The molecular formula is C24H15Cl2N3S2. The lowest BCUT2D eigenvalue weighted by molar-refractivity contribution is 0.969. The second kappa shape index (κ2) is 8.60. The lowest BCUT2D eigenvalue weighted by atomic mass is 10.1. The van der Waals surface area contributed by atoms with Gasteiger partial charge < -0.3 is 5.73 Å². The van der Waals surface area contributed by atoms with Gasteiger partial charge in [0.15, 0.2) is 0 Å². The summed E-state index contributed by atoms with van der Waals surface area (Å²) in [5, 5.41) is 4.94. The van der Waals surface area contributed by atoms with Crippen molar-refractivity contribution >= 4 is 74.2 Å². The van der Waals surface area contributed by atoms with E-state index in [4.69, 9.17) is 38.9 Å². The molecule has 0 bridgehead atoms. The van der Waals surface area contributed by atoms with Crippen LogP contribution in [0.3, 0.4) is 0 Å². The third-order valence-electron chi connectivity index (χ3n) is 4.67. The fourth-order valence-corrected chi connectivity index (χ4v) is 5.34. The first-order valence-electron chi connectivity index (χ1n) is 9.42. The molecule has 0 radical (unpaired) electrons. The molecule has 0 amide bonds. The SMILES string of the molecule is Nc1ccc(Sc2nc3cc4ccccc4cc3nc2Sc2ccc(Cl)c(Cl)c2)cc1. The van der Waals surface area contributed by atoms with Crippen molar-refractivity contribution in [2.45, 2.75) is 19.8 Å². The van der Waals surface area contributed by atoms with Gasteiger partial charge in [0.05, 0.1) is 21.1 Å². The summed E-state index contributed by atoms with van der Waals surface area (Å²) in [7, 11) is 0. The van der Waals surface area contributed by atoms with Gasteiger partial charge in [0, 0.05) is 15.5 Å². The van der Waals surface area contributed by atoms with Crippen molar-refractivity contribution in [3.8, 4) is 0 Å². The molecule has 0 fully saturated rings. The van der Waals surface area contributed by atoms with Crippen molar-refractivity contribution in [2.75, 3.05) is 5.73 Å². The molecule has 5 aromatic rings. The lowest BCUT2D eigenvalue weighted by Crippen LogP contribution is -1.93. The molecule has 0 atom stereocenters. The minimum Gasteiger partial charge on any atom is -0.399 e. The molecule has 31 heavy (non-hydrogen) atoms. The minimum absolute atomic E-state index is 0.513. The molecule has 3 nitrogen and oxygen atoms in total. The third kappa shape index (κ3) is 4.46. The Morgan fingerprint density at radius 1 is 0.613 bits per heavy atom. The van der Waals surface area contributed by atoms with Gasteiger partial charge in [-0.25, -0.2) is 9.97 Å². The average Bonchev–Trinajstić information content (AvgIpc) is 2.77. The zero-order valence-corrected chi connectivity index (χ0v) is 19.2. The van der Waals surface area contributed by atoms with Crippen LogP contribution in [0.4, 0.5) is 5.69 Å². The largest absolute Gasteiger partial charge is 0.399 e. The van der Waals surface area contributed by atoms with Crippen LogP contribution < -0.4 is 5.73 Å². The summed E-state index contributed by atoms with van der Waals surface area (Å²) < 4.78 is 0. The Bertz CT molecular complexity index is 1420. The van der Waals surface area contributed by atoms with E-state index in [-0.39, 0.29) is 0 Å². The van der Waals surface area contributed by atoms with Crippen LogP contribution in [-0.4, -0.2) is 9.97 Å². The van der Waals surface area contributed by atoms with Gasteiger partial charge in [-0.1, -0.05) is 71.0 Å². The van der Waals surface area contributed by atoms with Gasteiger partial charge in [0.25, 0.3) is 0 Å². The zero-order chi connectivity index (χ0) is 21.4. The fourth-order valence-electron chi connectivity index (χ4n) is 3.14. The Morgan fingerprint density at radius 2 is 1.16 bits per heavy atom. The Morgan fingerprint density at radius 3 is 1.74 bits per heavy atom.